The van der Waals surface area contributed by atoms with E-state index < -0.39 is 114 Å². The molecule has 3 amide bonds. The first-order valence-corrected chi connectivity index (χ1v) is 28.6. The van der Waals surface area contributed by atoms with Gasteiger partial charge in [0.1, 0.15) is 47.5 Å². The zero-order valence-electron chi connectivity index (χ0n) is 47.1. The number of thioether (sulfide) groups is 2. The zero-order chi connectivity index (χ0) is 61.5. The van der Waals surface area contributed by atoms with Crippen LogP contribution in [0.25, 0.3) is 11.0 Å². The van der Waals surface area contributed by atoms with Gasteiger partial charge in [-0.25, -0.2) is 14.2 Å². The molecule has 11 atom stereocenters. The summed E-state index contributed by atoms with van der Waals surface area (Å²) in [5.74, 6) is -6.48. The van der Waals surface area contributed by atoms with E-state index in [0.29, 0.717) is 34.1 Å². The van der Waals surface area contributed by atoms with Crippen LogP contribution < -0.4 is 21.3 Å². The highest BCUT2D eigenvalue weighted by Crippen LogP contribution is 2.59. The third-order valence-electron chi connectivity index (χ3n) is 13.6. The van der Waals surface area contributed by atoms with E-state index in [1.165, 1.54) is 37.7 Å². The van der Waals surface area contributed by atoms with Crippen LogP contribution in [-0.4, -0.2) is 173 Å². The number of nitrogens with one attached hydrogen (secondary N) is 4. The Bertz CT molecular complexity index is 3120. The Morgan fingerprint density at radius 1 is 0.741 bits per heavy atom. The zero-order valence-corrected chi connectivity index (χ0v) is 48.7. The number of esters is 6. The smallest absolute Gasteiger partial charge is 0.408 e. The molecule has 2 fully saturated rings. The van der Waals surface area contributed by atoms with Crippen LogP contribution in [0.15, 0.2) is 57.1 Å². The third-order valence-corrected chi connectivity index (χ3v) is 15.6. The van der Waals surface area contributed by atoms with E-state index in [0.717, 1.165) is 57.7 Å². The summed E-state index contributed by atoms with van der Waals surface area (Å²) in [6.45, 7) is 6.69. The van der Waals surface area contributed by atoms with Crippen molar-refractivity contribution in [3.8, 4) is 0 Å². The molecule has 2 aliphatic carbocycles. The molecule has 458 valence electrons. The predicted octanol–water partition coefficient (Wildman–Crippen LogP) is 3.32. The third kappa shape index (κ3) is 17.2. The summed E-state index contributed by atoms with van der Waals surface area (Å²) < 4.78 is 54.6. The Kier molecular flexibility index (Phi) is 22.7. The van der Waals surface area contributed by atoms with Crippen molar-refractivity contribution in [3.05, 3.63) is 69.3 Å². The van der Waals surface area contributed by atoms with Gasteiger partial charge in [-0.2, -0.15) is 0 Å². The molecule has 0 radical (unpaired) electrons. The molecule has 1 aliphatic heterocycles. The Labute approximate surface area is 493 Å². The van der Waals surface area contributed by atoms with E-state index >= 15 is 0 Å². The summed E-state index contributed by atoms with van der Waals surface area (Å²) in [5, 5.41) is 39.7. The first-order valence-electron chi connectivity index (χ1n) is 26.6. The van der Waals surface area contributed by atoms with E-state index in [1.54, 1.807) is 30.3 Å². The van der Waals surface area contributed by atoms with Crippen molar-refractivity contribution in [2.75, 3.05) is 50.3 Å². The van der Waals surface area contributed by atoms with Crippen LogP contribution in [0.1, 0.15) is 89.3 Å². The molecule has 2 aromatic heterocycles. The van der Waals surface area contributed by atoms with Gasteiger partial charge >= 0.3 is 47.6 Å². The summed E-state index contributed by atoms with van der Waals surface area (Å²) in [4.78, 5) is 126. The average molecular weight is 1230 g/mol. The number of hydrogen-bond donors (Lipinski definition) is 4. The molecule has 2 aromatic carbocycles. The lowest BCUT2D eigenvalue weighted by molar-refractivity contribution is -0.383. The minimum absolute atomic E-state index is 0.0218. The number of anilines is 1. The lowest BCUT2D eigenvalue weighted by atomic mass is 9.85. The van der Waals surface area contributed by atoms with Crippen LogP contribution in [0.2, 0.25) is 0 Å². The number of carbonyl (C=O) groups excluding carboxylic acids is 9. The predicted molar refractivity (Wildman–Crippen MR) is 293 cm³/mol. The number of fused-ring (bicyclic) bond motifs is 6. The van der Waals surface area contributed by atoms with Crippen LogP contribution in [0.5, 0.6) is 0 Å². The number of ether oxygens (including phenoxy) is 9. The highest BCUT2D eigenvalue weighted by Gasteiger charge is 2.53. The summed E-state index contributed by atoms with van der Waals surface area (Å²) >= 11 is 2.35. The van der Waals surface area contributed by atoms with Crippen LogP contribution in [-0.2, 0) is 87.6 Å². The molecule has 30 nitrogen and oxygen atoms in total. The number of nitrogens with zero attached hydrogens (tertiary/aromatic N) is 5. The van der Waals surface area contributed by atoms with E-state index in [9.17, 15) is 53.3 Å². The summed E-state index contributed by atoms with van der Waals surface area (Å²) in [5.41, 5.74) is 2.41. The maximum absolute atomic E-state index is 13.9. The highest BCUT2D eigenvalue weighted by atomic mass is 32.2. The Morgan fingerprint density at radius 2 is 1.42 bits per heavy atom. The first-order chi connectivity index (χ1) is 40.6. The van der Waals surface area contributed by atoms with Crippen molar-refractivity contribution < 1.29 is 95.3 Å². The van der Waals surface area contributed by atoms with Crippen LogP contribution in [0.4, 0.5) is 16.2 Å². The number of methoxy groups -OCH3 is 1. The number of nitro groups is 1. The van der Waals surface area contributed by atoms with Gasteiger partial charge in [0.25, 0.3) is 0 Å². The number of hydrogen-bond acceptors (Lipinski definition) is 28. The van der Waals surface area contributed by atoms with Crippen molar-refractivity contribution in [1.82, 2.24) is 36.5 Å². The summed E-state index contributed by atoms with van der Waals surface area (Å²) in [6.07, 6.45) is -6.86. The molecule has 1 saturated heterocycles. The highest BCUT2D eigenvalue weighted by molar-refractivity contribution is 7.99. The van der Waals surface area contributed by atoms with Crippen LogP contribution in [0, 0.1) is 16.0 Å². The van der Waals surface area contributed by atoms with Crippen LogP contribution >= 0.6 is 23.5 Å². The van der Waals surface area contributed by atoms with Crippen molar-refractivity contribution in [2.45, 2.75) is 138 Å². The summed E-state index contributed by atoms with van der Waals surface area (Å²) in [6, 6.07) is 7.94. The van der Waals surface area contributed by atoms with Gasteiger partial charge in [0.2, 0.25) is 17.3 Å². The number of rotatable bonds is 28. The second-order valence-corrected chi connectivity index (χ2v) is 21.8. The average Bonchev–Trinajstić information content (AvgIpc) is 2.52. The standard InChI is InChI=1S/C53H63N9O21S2/c1-25(56-53(71)78-21-31-11-9-8-10-12-31)47(68)57-36(48(69)55-26(2)51(70)74-7)24-85-49-40-32-19-33(22-77-39(67)15-16-54-35-13-14-37(62(72)73)43-42(35)60-83-61-43)34(20-32)41(40)50(59-58-49)84-18-17-75-52-46(81-30(6)66)45(80-29(5)65)44(79-28(4)64)38(82-52)23-76-27(3)63/h8-14,25-26,32-34,36,38,44-46,52,54H,15-24H2,1-7H3,(H,55,69)(H,56,71)(H,57,68)/t25-,26-,32?,33-,34?,36-,38+,44+,45-,46+,52+/m0/s1. The Balaban J connectivity index is 1.09. The number of carbonyl (C=O) groups is 9. The van der Waals surface area contributed by atoms with Crippen molar-refractivity contribution in [2.24, 2.45) is 5.92 Å². The monoisotopic (exact) mass is 1230 g/mol. The quantitative estimate of drug-likeness (QED) is 0.0158. The van der Waals surface area contributed by atoms with Crippen molar-refractivity contribution in [3.63, 3.8) is 0 Å². The topological polar surface area (TPSA) is 393 Å². The van der Waals surface area contributed by atoms with Crippen molar-refractivity contribution >= 4 is 99.7 Å². The van der Waals surface area contributed by atoms with Gasteiger partial charge in [0.15, 0.2) is 30.1 Å². The molecule has 4 N–H and O–H groups in total. The molecule has 0 spiro atoms. The molecule has 7 rings (SSSR count). The summed E-state index contributed by atoms with van der Waals surface area (Å²) in [7, 11) is 1.15. The molecule has 1 saturated carbocycles. The molecule has 4 aromatic rings. The van der Waals surface area contributed by atoms with Crippen molar-refractivity contribution in [1.29, 1.82) is 0 Å². The SMILES string of the molecule is COC(=O)[C@H](C)NC(=O)[C@H](CSc1nnc(SCCO[C@@H]2O[C@H](COC(C)=O)[C@@H](OC(C)=O)[C@H](OC(C)=O)[C@H]2OC(C)=O)c2c1C1CC2[C@H](COC(=O)CCNc2ccc([N+](=O)[O-])c3nonc23)C1)NC(=O)[C@H](C)NC(=O)OCc1ccccc1. The van der Waals surface area contributed by atoms with E-state index in [4.69, 9.17) is 47.3 Å². The molecular weight excluding hydrogens is 1160 g/mol. The fourth-order valence-electron chi connectivity index (χ4n) is 9.83. The molecule has 3 heterocycles. The molecule has 2 bridgehead atoms. The normalized spacial score (nSPS) is 21.2. The van der Waals surface area contributed by atoms with Gasteiger partial charge in [0.05, 0.1) is 37.4 Å². The first kappa shape index (κ1) is 64.3. The lowest BCUT2D eigenvalue weighted by Gasteiger charge is -2.44. The van der Waals surface area contributed by atoms with Crippen LogP contribution in [0.3, 0.4) is 0 Å². The number of alkyl carbamates (subject to hydrolysis) is 1. The number of aromatic nitrogens is 4. The van der Waals surface area contributed by atoms with Gasteiger partial charge < -0.3 is 63.9 Å². The molecule has 3 aliphatic rings. The van der Waals surface area contributed by atoms with Gasteiger partial charge in [0, 0.05) is 57.7 Å². The fraction of sp³-hybridized carbons (Fsp3) is 0.528. The number of amides is 3. The van der Waals surface area contributed by atoms with Gasteiger partial charge in [-0.05, 0) is 71.6 Å². The number of nitro benzene ring substituents is 1. The molecular formula is C53H63N9O21S2. The van der Waals surface area contributed by atoms with E-state index in [1.807, 2.05) is 0 Å². The molecule has 2 unspecified atom stereocenters. The van der Waals surface area contributed by atoms with Gasteiger partial charge in [-0.3, -0.25) is 43.7 Å². The Morgan fingerprint density at radius 3 is 2.11 bits per heavy atom. The maximum Gasteiger partial charge on any atom is 0.408 e. The van der Waals surface area contributed by atoms with E-state index in [-0.39, 0.29) is 78.8 Å². The largest absolute Gasteiger partial charge is 0.467 e. The van der Waals surface area contributed by atoms with E-state index in [2.05, 4.69) is 41.8 Å². The minimum Gasteiger partial charge on any atom is -0.467 e. The molecule has 85 heavy (non-hydrogen) atoms. The minimum atomic E-state index is -1.47. The number of benzene rings is 2. The Hall–Kier alpha value is -8.23. The van der Waals surface area contributed by atoms with Gasteiger partial charge in [-0.1, -0.05) is 30.3 Å². The van der Waals surface area contributed by atoms with Gasteiger partial charge in [-0.15, -0.1) is 33.7 Å². The second kappa shape index (κ2) is 30.0. The fourth-order valence-corrected chi connectivity index (χ4v) is 11.8. The number of non-ortho nitro benzene ring substituents is 1. The maximum atomic E-state index is 13.9. The molecule has 32 heteroatoms. The lowest BCUT2D eigenvalue weighted by Crippen LogP contribution is -2.63. The second-order valence-electron chi connectivity index (χ2n) is 19.7.